The summed E-state index contributed by atoms with van der Waals surface area (Å²) in [7, 11) is 0. The van der Waals surface area contributed by atoms with Gasteiger partial charge in [0.25, 0.3) is 5.91 Å². The predicted octanol–water partition coefficient (Wildman–Crippen LogP) is 1.15. The Morgan fingerprint density at radius 3 is 2.95 bits per heavy atom. The molecule has 2 atom stereocenters. The fourth-order valence-corrected chi connectivity index (χ4v) is 2.38. The molecular formula is C13H17ClN2O3. The number of pyridine rings is 1. The minimum Gasteiger partial charge on any atom is -0.370 e. The maximum absolute atomic E-state index is 12.3. The van der Waals surface area contributed by atoms with Crippen LogP contribution in [0.3, 0.4) is 0 Å². The first-order valence-electron chi connectivity index (χ1n) is 6.21. The van der Waals surface area contributed by atoms with E-state index in [0.29, 0.717) is 19.0 Å². The quantitative estimate of drug-likeness (QED) is 0.829. The van der Waals surface area contributed by atoms with Crippen LogP contribution in [0.2, 0.25) is 0 Å². The summed E-state index contributed by atoms with van der Waals surface area (Å²) >= 11 is 5.78. The molecule has 0 saturated carbocycles. The number of H-pyrrole nitrogens is 1. The number of nitrogens with zero attached hydrogens (tertiary/aromatic N) is 1. The third-order valence-electron chi connectivity index (χ3n) is 3.07. The third-order valence-corrected chi connectivity index (χ3v) is 3.42. The van der Waals surface area contributed by atoms with Gasteiger partial charge >= 0.3 is 0 Å². The molecule has 5 nitrogen and oxygen atoms in total. The molecule has 2 unspecified atom stereocenters. The molecule has 0 aromatic carbocycles. The molecular weight excluding hydrogens is 268 g/mol. The van der Waals surface area contributed by atoms with Gasteiger partial charge in [-0.25, -0.2) is 0 Å². The topological polar surface area (TPSA) is 62.4 Å². The Balaban J connectivity index is 2.21. The van der Waals surface area contributed by atoms with E-state index in [-0.39, 0.29) is 29.1 Å². The van der Waals surface area contributed by atoms with E-state index in [4.69, 9.17) is 16.3 Å². The molecule has 2 rings (SSSR count). The van der Waals surface area contributed by atoms with Gasteiger partial charge in [-0.05, 0) is 13.8 Å². The minimum absolute atomic E-state index is 0.0778. The molecule has 1 aromatic rings. The van der Waals surface area contributed by atoms with Gasteiger partial charge < -0.3 is 14.6 Å². The largest absolute Gasteiger partial charge is 0.370 e. The molecule has 1 aliphatic rings. The molecule has 1 fully saturated rings. The Morgan fingerprint density at radius 2 is 2.32 bits per heavy atom. The van der Waals surface area contributed by atoms with Crippen molar-refractivity contribution in [1.82, 2.24) is 9.88 Å². The number of hydrogen-bond acceptors (Lipinski definition) is 3. The molecule has 19 heavy (non-hydrogen) atoms. The Morgan fingerprint density at radius 1 is 1.58 bits per heavy atom. The molecule has 1 aliphatic heterocycles. The molecule has 1 aromatic heterocycles. The summed E-state index contributed by atoms with van der Waals surface area (Å²) in [5.41, 5.74) is 0.631. The van der Waals surface area contributed by atoms with Gasteiger partial charge in [-0.2, -0.15) is 0 Å². The number of aryl methyl sites for hydroxylation is 1. The van der Waals surface area contributed by atoms with Crippen LogP contribution in [0, 0.1) is 6.92 Å². The summed E-state index contributed by atoms with van der Waals surface area (Å²) in [6, 6.07) is 1.43. The summed E-state index contributed by atoms with van der Waals surface area (Å²) in [6.07, 6.45) is 1.21. The van der Waals surface area contributed by atoms with E-state index in [1.807, 2.05) is 6.92 Å². The number of aromatic nitrogens is 1. The van der Waals surface area contributed by atoms with Crippen LogP contribution in [0.15, 0.2) is 17.1 Å². The Hall–Kier alpha value is -1.33. The molecule has 1 saturated heterocycles. The van der Waals surface area contributed by atoms with Crippen LogP contribution in [0.1, 0.15) is 23.0 Å². The Kier molecular flexibility index (Phi) is 4.27. The van der Waals surface area contributed by atoms with Gasteiger partial charge in [-0.3, -0.25) is 9.59 Å². The van der Waals surface area contributed by atoms with E-state index in [9.17, 15) is 9.59 Å². The first-order chi connectivity index (χ1) is 9.01. The van der Waals surface area contributed by atoms with Gasteiger partial charge in [0, 0.05) is 31.0 Å². The highest BCUT2D eigenvalue weighted by Crippen LogP contribution is 2.14. The number of carbonyl (C=O) groups is 1. The van der Waals surface area contributed by atoms with Crippen LogP contribution in [0.25, 0.3) is 0 Å². The average Bonchev–Trinajstić information content (AvgIpc) is 2.37. The van der Waals surface area contributed by atoms with Gasteiger partial charge in [-0.1, -0.05) is 0 Å². The maximum Gasteiger partial charge on any atom is 0.259 e. The number of hydrogen-bond donors (Lipinski definition) is 1. The first kappa shape index (κ1) is 14.1. The second-order valence-corrected chi connectivity index (χ2v) is 5.14. The van der Waals surface area contributed by atoms with E-state index < -0.39 is 0 Å². The highest BCUT2D eigenvalue weighted by Gasteiger charge is 2.29. The number of alkyl halides is 1. The SMILES string of the molecule is Cc1cc(=O)c(C(=O)N2CC(C)OC(CCl)C2)c[nH]1. The molecule has 0 radical (unpaired) electrons. The Labute approximate surface area is 116 Å². The van der Waals surface area contributed by atoms with Gasteiger partial charge in [0.1, 0.15) is 5.56 Å². The lowest BCUT2D eigenvalue weighted by molar-refractivity contribution is -0.0570. The van der Waals surface area contributed by atoms with Gasteiger partial charge in [0.15, 0.2) is 5.43 Å². The van der Waals surface area contributed by atoms with Crippen molar-refractivity contribution in [3.8, 4) is 0 Å². The molecule has 0 spiro atoms. The van der Waals surface area contributed by atoms with Crippen molar-refractivity contribution >= 4 is 17.5 Å². The maximum atomic E-state index is 12.3. The standard InChI is InChI=1S/C13H17ClN2O3/c1-8-3-12(17)11(5-15-8)13(18)16-6-9(2)19-10(4-14)7-16/h3,5,9-10H,4,6-7H2,1-2H3,(H,15,17). The van der Waals surface area contributed by atoms with Crippen molar-refractivity contribution < 1.29 is 9.53 Å². The van der Waals surface area contributed by atoms with Crippen molar-refractivity contribution in [2.45, 2.75) is 26.1 Å². The summed E-state index contributed by atoms with van der Waals surface area (Å²) < 4.78 is 5.59. The number of nitrogens with one attached hydrogen (secondary N) is 1. The lowest BCUT2D eigenvalue weighted by Gasteiger charge is -2.36. The number of amides is 1. The van der Waals surface area contributed by atoms with Crippen molar-refractivity contribution in [3.63, 3.8) is 0 Å². The zero-order valence-corrected chi connectivity index (χ0v) is 11.7. The van der Waals surface area contributed by atoms with Crippen LogP contribution in [0.4, 0.5) is 0 Å². The van der Waals surface area contributed by atoms with E-state index in [1.165, 1.54) is 12.3 Å². The molecule has 104 valence electrons. The van der Waals surface area contributed by atoms with Crippen LogP contribution in [0.5, 0.6) is 0 Å². The monoisotopic (exact) mass is 284 g/mol. The van der Waals surface area contributed by atoms with Crippen LogP contribution in [-0.2, 0) is 4.74 Å². The zero-order chi connectivity index (χ0) is 14.0. The molecule has 0 bridgehead atoms. The zero-order valence-electron chi connectivity index (χ0n) is 11.0. The van der Waals surface area contributed by atoms with Crippen molar-refractivity contribution in [2.24, 2.45) is 0 Å². The second kappa shape index (κ2) is 5.75. The smallest absolute Gasteiger partial charge is 0.259 e. The number of halogens is 1. The highest BCUT2D eigenvalue weighted by atomic mass is 35.5. The number of rotatable bonds is 2. The van der Waals surface area contributed by atoms with Gasteiger partial charge in [0.05, 0.1) is 18.1 Å². The fraction of sp³-hybridized carbons (Fsp3) is 0.538. The molecule has 0 aliphatic carbocycles. The predicted molar refractivity (Wildman–Crippen MR) is 72.8 cm³/mol. The van der Waals surface area contributed by atoms with Crippen molar-refractivity contribution in [1.29, 1.82) is 0 Å². The van der Waals surface area contributed by atoms with Crippen LogP contribution < -0.4 is 5.43 Å². The number of carbonyl (C=O) groups excluding carboxylic acids is 1. The third kappa shape index (κ3) is 3.16. The molecule has 2 heterocycles. The molecule has 1 N–H and O–H groups in total. The van der Waals surface area contributed by atoms with E-state index >= 15 is 0 Å². The summed E-state index contributed by atoms with van der Waals surface area (Å²) in [5, 5.41) is 0. The lowest BCUT2D eigenvalue weighted by atomic mass is 10.1. The van der Waals surface area contributed by atoms with E-state index in [0.717, 1.165) is 5.69 Å². The first-order valence-corrected chi connectivity index (χ1v) is 6.74. The van der Waals surface area contributed by atoms with Crippen molar-refractivity contribution in [2.75, 3.05) is 19.0 Å². The highest BCUT2D eigenvalue weighted by molar-refractivity contribution is 6.18. The van der Waals surface area contributed by atoms with Gasteiger partial charge in [-0.15, -0.1) is 11.6 Å². The average molecular weight is 285 g/mol. The summed E-state index contributed by atoms with van der Waals surface area (Å²) in [5.74, 6) is 0.0600. The number of ether oxygens (including phenoxy) is 1. The number of morpholine rings is 1. The van der Waals surface area contributed by atoms with E-state index in [2.05, 4.69) is 4.98 Å². The fourth-order valence-electron chi connectivity index (χ4n) is 2.21. The summed E-state index contributed by atoms with van der Waals surface area (Å²) in [4.78, 5) is 28.7. The van der Waals surface area contributed by atoms with E-state index in [1.54, 1.807) is 11.8 Å². The van der Waals surface area contributed by atoms with Crippen molar-refractivity contribution in [3.05, 3.63) is 33.7 Å². The summed E-state index contributed by atoms with van der Waals surface area (Å²) in [6.45, 7) is 4.55. The molecule has 6 heteroatoms. The Bertz CT molecular complexity index is 529. The lowest BCUT2D eigenvalue weighted by Crippen LogP contribution is -2.50. The molecule has 1 amide bonds. The van der Waals surface area contributed by atoms with Crippen LogP contribution >= 0.6 is 11.6 Å². The minimum atomic E-state index is -0.272. The second-order valence-electron chi connectivity index (χ2n) is 4.83. The van der Waals surface area contributed by atoms with Crippen LogP contribution in [-0.4, -0.2) is 47.0 Å². The number of aromatic amines is 1. The normalized spacial score (nSPS) is 23.4. The van der Waals surface area contributed by atoms with Gasteiger partial charge in [0.2, 0.25) is 0 Å².